The second-order valence-corrected chi connectivity index (χ2v) is 6.06. The number of ether oxygens (including phenoxy) is 1. The van der Waals surface area contributed by atoms with Gasteiger partial charge in [0.25, 0.3) is 11.8 Å². The number of aromatic nitrogens is 2. The minimum atomic E-state index is -0.634. The third-order valence-corrected chi connectivity index (χ3v) is 4.37. The summed E-state index contributed by atoms with van der Waals surface area (Å²) in [7, 11) is 3.19. The van der Waals surface area contributed by atoms with Gasteiger partial charge in [-0.25, -0.2) is 4.98 Å². The van der Waals surface area contributed by atoms with E-state index in [0.717, 1.165) is 12.8 Å². The number of imidazole rings is 1. The highest BCUT2D eigenvalue weighted by atomic mass is 16.5. The molecule has 1 aliphatic heterocycles. The normalized spacial score (nSPS) is 18.0. The molecule has 1 fully saturated rings. The summed E-state index contributed by atoms with van der Waals surface area (Å²) in [6.45, 7) is 1.22. The Labute approximate surface area is 139 Å². The first-order chi connectivity index (χ1) is 11.4. The van der Waals surface area contributed by atoms with Crippen molar-refractivity contribution in [2.75, 3.05) is 20.2 Å². The molecule has 0 bridgehead atoms. The Kier molecular flexibility index (Phi) is 4.15. The summed E-state index contributed by atoms with van der Waals surface area (Å²) in [6, 6.07) is 3.33. The summed E-state index contributed by atoms with van der Waals surface area (Å²) < 4.78 is 6.96. The second kappa shape index (κ2) is 6.12. The monoisotopic (exact) mass is 331 g/mol. The van der Waals surface area contributed by atoms with Crippen LogP contribution in [0, 0.1) is 0 Å². The number of fused-ring (bicyclic) bond motifs is 1. The molecule has 0 aliphatic carbocycles. The van der Waals surface area contributed by atoms with E-state index >= 15 is 0 Å². The maximum Gasteiger partial charge on any atom is 0.284 e. The number of amides is 2. The van der Waals surface area contributed by atoms with Crippen LogP contribution in [0.5, 0.6) is 5.75 Å². The Balaban J connectivity index is 2.06. The zero-order valence-corrected chi connectivity index (χ0v) is 13.8. The van der Waals surface area contributed by atoms with Gasteiger partial charge in [-0.15, -0.1) is 0 Å². The molecule has 128 valence electrons. The molecule has 4 N–H and O–H groups in total. The van der Waals surface area contributed by atoms with Crippen molar-refractivity contribution in [3.05, 3.63) is 23.5 Å². The fourth-order valence-electron chi connectivity index (χ4n) is 3.19. The molecule has 2 heterocycles. The summed E-state index contributed by atoms with van der Waals surface area (Å²) in [5.41, 5.74) is 12.9. The average molecular weight is 331 g/mol. The number of hydrogen-bond acceptors (Lipinski definition) is 5. The number of primary amides is 1. The predicted octanol–water partition coefficient (Wildman–Crippen LogP) is 0.244. The van der Waals surface area contributed by atoms with Crippen LogP contribution in [-0.2, 0) is 7.05 Å². The van der Waals surface area contributed by atoms with E-state index in [9.17, 15) is 9.59 Å². The number of nitrogens with zero attached hydrogens (tertiary/aromatic N) is 3. The minimum absolute atomic E-state index is 0.00430. The van der Waals surface area contributed by atoms with Gasteiger partial charge in [0.2, 0.25) is 0 Å². The first-order valence-electron chi connectivity index (χ1n) is 7.81. The summed E-state index contributed by atoms with van der Waals surface area (Å²) >= 11 is 0. The first-order valence-corrected chi connectivity index (χ1v) is 7.81. The van der Waals surface area contributed by atoms with E-state index in [4.69, 9.17) is 16.2 Å². The highest BCUT2D eigenvalue weighted by Crippen LogP contribution is 2.29. The lowest BCUT2D eigenvalue weighted by molar-refractivity contribution is 0.0708. The molecule has 3 rings (SSSR count). The van der Waals surface area contributed by atoms with Gasteiger partial charge in [-0.2, -0.15) is 0 Å². The highest BCUT2D eigenvalue weighted by molar-refractivity contribution is 6.01. The largest absolute Gasteiger partial charge is 0.494 e. The standard InChI is InChI=1S/C16H21N5O3/c1-20-13-11(19-15(20)14(18)22)6-9(7-12(13)24-2)16(23)21-5-3-4-10(17)8-21/h6-7,10H,3-5,8,17H2,1-2H3,(H2,18,22)/t10-/m1/s1. The van der Waals surface area contributed by atoms with Gasteiger partial charge < -0.3 is 25.7 Å². The average Bonchev–Trinajstić information content (AvgIpc) is 2.90. The van der Waals surface area contributed by atoms with Gasteiger partial charge in [-0.1, -0.05) is 0 Å². The van der Waals surface area contributed by atoms with Gasteiger partial charge in [0.1, 0.15) is 11.3 Å². The molecule has 24 heavy (non-hydrogen) atoms. The van der Waals surface area contributed by atoms with E-state index in [1.165, 1.54) is 7.11 Å². The quantitative estimate of drug-likeness (QED) is 0.836. The van der Waals surface area contributed by atoms with E-state index in [1.807, 2.05) is 0 Å². The fraction of sp³-hybridized carbons (Fsp3) is 0.438. The summed E-state index contributed by atoms with van der Waals surface area (Å²) in [4.78, 5) is 30.3. The molecule has 2 amide bonds. The first kappa shape index (κ1) is 16.3. The maximum absolute atomic E-state index is 12.8. The SMILES string of the molecule is COc1cc(C(=O)N2CCC[C@@H](N)C2)cc2nc(C(N)=O)n(C)c12. The number of benzene rings is 1. The number of carbonyl (C=O) groups is 2. The number of carbonyl (C=O) groups excluding carboxylic acids is 2. The lowest BCUT2D eigenvalue weighted by atomic mass is 10.0. The van der Waals surface area contributed by atoms with Crippen molar-refractivity contribution >= 4 is 22.8 Å². The number of methoxy groups -OCH3 is 1. The van der Waals surface area contributed by atoms with Crippen molar-refractivity contribution < 1.29 is 14.3 Å². The van der Waals surface area contributed by atoms with Crippen LogP contribution in [0.4, 0.5) is 0 Å². The molecule has 2 aromatic rings. The smallest absolute Gasteiger partial charge is 0.284 e. The van der Waals surface area contributed by atoms with Crippen LogP contribution in [0.2, 0.25) is 0 Å². The molecule has 1 aliphatic rings. The van der Waals surface area contributed by atoms with Gasteiger partial charge >= 0.3 is 0 Å². The maximum atomic E-state index is 12.8. The molecule has 1 saturated heterocycles. The molecule has 1 aromatic heterocycles. The van der Waals surface area contributed by atoms with Crippen molar-refractivity contribution in [1.29, 1.82) is 0 Å². The summed E-state index contributed by atoms with van der Waals surface area (Å²) in [5.74, 6) is -0.158. The molecular weight excluding hydrogens is 310 g/mol. The summed E-state index contributed by atoms with van der Waals surface area (Å²) in [5, 5.41) is 0. The van der Waals surface area contributed by atoms with Crippen LogP contribution in [0.1, 0.15) is 33.8 Å². The molecule has 0 radical (unpaired) electrons. The van der Waals surface area contributed by atoms with E-state index in [1.54, 1.807) is 28.6 Å². The van der Waals surface area contributed by atoms with E-state index in [2.05, 4.69) is 4.98 Å². The molecule has 8 heteroatoms. The third kappa shape index (κ3) is 2.69. The molecule has 1 aromatic carbocycles. The van der Waals surface area contributed by atoms with Gasteiger partial charge in [0.05, 0.1) is 12.6 Å². The Morgan fingerprint density at radius 2 is 2.12 bits per heavy atom. The zero-order chi connectivity index (χ0) is 17.4. The Hall–Kier alpha value is -2.61. The van der Waals surface area contributed by atoms with E-state index in [-0.39, 0.29) is 17.8 Å². The Morgan fingerprint density at radius 3 is 2.75 bits per heavy atom. The Bertz CT molecular complexity index is 814. The summed E-state index contributed by atoms with van der Waals surface area (Å²) in [6.07, 6.45) is 1.82. The minimum Gasteiger partial charge on any atom is -0.494 e. The van der Waals surface area contributed by atoms with Gasteiger partial charge in [-0.05, 0) is 25.0 Å². The highest BCUT2D eigenvalue weighted by Gasteiger charge is 2.25. The van der Waals surface area contributed by atoms with Crippen molar-refractivity contribution in [2.24, 2.45) is 18.5 Å². The number of likely N-dealkylation sites (tertiary alicyclic amines) is 1. The topological polar surface area (TPSA) is 116 Å². The molecule has 8 nitrogen and oxygen atoms in total. The molecule has 0 unspecified atom stereocenters. The van der Waals surface area contributed by atoms with Gasteiger partial charge in [0, 0.05) is 31.7 Å². The van der Waals surface area contributed by atoms with Crippen LogP contribution in [0.15, 0.2) is 12.1 Å². The van der Waals surface area contributed by atoms with Crippen molar-refractivity contribution in [3.8, 4) is 5.75 Å². The second-order valence-electron chi connectivity index (χ2n) is 6.06. The Morgan fingerprint density at radius 1 is 1.38 bits per heavy atom. The fourth-order valence-corrected chi connectivity index (χ4v) is 3.19. The molecular formula is C16H21N5O3. The van der Waals surface area contributed by atoms with Crippen molar-refractivity contribution in [2.45, 2.75) is 18.9 Å². The zero-order valence-electron chi connectivity index (χ0n) is 13.8. The third-order valence-electron chi connectivity index (χ3n) is 4.37. The van der Waals surface area contributed by atoms with Crippen LogP contribution in [0.25, 0.3) is 11.0 Å². The lowest BCUT2D eigenvalue weighted by Gasteiger charge is -2.30. The number of nitrogens with two attached hydrogens (primary N) is 2. The number of aryl methyl sites for hydroxylation is 1. The van der Waals surface area contributed by atoms with E-state index in [0.29, 0.717) is 35.4 Å². The lowest BCUT2D eigenvalue weighted by Crippen LogP contribution is -2.45. The number of piperidine rings is 1. The van der Waals surface area contributed by atoms with Crippen LogP contribution < -0.4 is 16.2 Å². The van der Waals surface area contributed by atoms with Crippen molar-refractivity contribution in [1.82, 2.24) is 14.5 Å². The van der Waals surface area contributed by atoms with Crippen LogP contribution >= 0.6 is 0 Å². The van der Waals surface area contributed by atoms with Crippen LogP contribution in [-0.4, -0.2) is 52.5 Å². The molecule has 0 spiro atoms. The molecule has 1 atom stereocenters. The number of hydrogen-bond donors (Lipinski definition) is 2. The van der Waals surface area contributed by atoms with Crippen LogP contribution in [0.3, 0.4) is 0 Å². The predicted molar refractivity (Wildman–Crippen MR) is 88.9 cm³/mol. The van der Waals surface area contributed by atoms with Gasteiger partial charge in [0.15, 0.2) is 5.82 Å². The van der Waals surface area contributed by atoms with Gasteiger partial charge in [-0.3, -0.25) is 9.59 Å². The molecule has 0 saturated carbocycles. The van der Waals surface area contributed by atoms with E-state index < -0.39 is 5.91 Å². The van der Waals surface area contributed by atoms with Crippen molar-refractivity contribution in [3.63, 3.8) is 0 Å². The number of rotatable bonds is 3.